The Labute approximate surface area is 455 Å². The van der Waals surface area contributed by atoms with Crippen LogP contribution < -0.4 is 42.5 Å². The van der Waals surface area contributed by atoms with Gasteiger partial charge in [0, 0.05) is 39.0 Å². The van der Waals surface area contributed by atoms with E-state index in [1.807, 2.05) is 67.5 Å². The first-order chi connectivity index (χ1) is 35.2. The molecule has 0 radical (unpaired) electrons. The Morgan fingerprint density at radius 3 is 1.57 bits per heavy atom. The van der Waals surface area contributed by atoms with Gasteiger partial charge in [-0.3, -0.25) is 47.9 Å². The molecule has 10 amide bonds. The molecule has 0 spiro atoms. The zero-order valence-electron chi connectivity index (χ0n) is 49.5. The standard InChI is InChI=1S/C55H101N11O10/c1-18-19-20-21-22-23-25-43(66(34-67)45-26-24-29-65(45)39(9)68)49(73)59-42(32-37(6)7)48(72)61-54(12,13)51(75)60-40(30-35(2)3)46(70)58-41(31-36(4)5)47(71)62-55(14,15)52(76)63-53(10,11)50(74)56-28-27-44(69)57-38(8)33-64(16)17/h34-38,40-43,45H,18-33H2,1-17H3,(H,56,74)(H,57,69)(H,58,70)(H,59,73)(H,60,75)(H,61,72)(H,62,71)(H,63,76)/t38-,40-,41-,42-,43-,45+/m0/s1. The summed E-state index contributed by atoms with van der Waals surface area (Å²) in [5.41, 5.74) is -4.64. The van der Waals surface area contributed by atoms with E-state index >= 15 is 0 Å². The van der Waals surface area contributed by atoms with Gasteiger partial charge in [-0.05, 0) is 119 Å². The number of likely N-dealkylation sites (N-methyl/N-ethyl adjacent to an activating group) is 1. The third kappa shape index (κ3) is 24.3. The highest BCUT2D eigenvalue weighted by Gasteiger charge is 2.42. The lowest BCUT2D eigenvalue weighted by Gasteiger charge is -2.38. The Balaban J connectivity index is 3.25. The van der Waals surface area contributed by atoms with Gasteiger partial charge in [0.2, 0.25) is 59.6 Å². The molecule has 0 aliphatic carbocycles. The van der Waals surface area contributed by atoms with Gasteiger partial charge in [0.05, 0.1) is 0 Å². The number of unbranched alkanes of at least 4 members (excludes halogenated alkanes) is 5. The summed E-state index contributed by atoms with van der Waals surface area (Å²) in [6.07, 6.45) is 7.79. The average Bonchev–Trinajstić information content (AvgIpc) is 3.78. The second-order valence-corrected chi connectivity index (χ2v) is 24.0. The minimum Gasteiger partial charge on any atom is -0.354 e. The molecule has 436 valence electrons. The third-order valence-corrected chi connectivity index (χ3v) is 13.3. The summed E-state index contributed by atoms with van der Waals surface area (Å²) < 4.78 is 0. The predicted octanol–water partition coefficient (Wildman–Crippen LogP) is 3.38. The summed E-state index contributed by atoms with van der Waals surface area (Å²) in [5.74, 6) is -5.20. The molecule has 0 saturated carbocycles. The highest BCUT2D eigenvalue weighted by Crippen LogP contribution is 2.25. The summed E-state index contributed by atoms with van der Waals surface area (Å²) in [7, 11) is 3.79. The van der Waals surface area contributed by atoms with Crippen LogP contribution in [0.15, 0.2) is 0 Å². The van der Waals surface area contributed by atoms with Gasteiger partial charge in [-0.25, -0.2) is 0 Å². The Morgan fingerprint density at radius 2 is 1.08 bits per heavy atom. The molecule has 1 rings (SSSR count). The van der Waals surface area contributed by atoms with Crippen LogP contribution in [0.3, 0.4) is 0 Å². The number of amides is 10. The van der Waals surface area contributed by atoms with Crippen LogP contribution in [0.1, 0.15) is 187 Å². The van der Waals surface area contributed by atoms with Crippen molar-refractivity contribution in [1.29, 1.82) is 0 Å². The largest absolute Gasteiger partial charge is 0.354 e. The molecule has 0 bridgehead atoms. The lowest BCUT2D eigenvalue weighted by Crippen LogP contribution is -2.65. The van der Waals surface area contributed by atoms with Gasteiger partial charge in [-0.1, -0.05) is 87.0 Å². The van der Waals surface area contributed by atoms with E-state index in [4.69, 9.17) is 0 Å². The van der Waals surface area contributed by atoms with Crippen molar-refractivity contribution in [2.45, 2.75) is 240 Å². The van der Waals surface area contributed by atoms with E-state index in [9.17, 15) is 47.9 Å². The molecule has 21 heteroatoms. The van der Waals surface area contributed by atoms with Crippen LogP contribution >= 0.6 is 0 Å². The van der Waals surface area contributed by atoms with Crippen molar-refractivity contribution in [3.63, 3.8) is 0 Å². The first-order valence-corrected chi connectivity index (χ1v) is 27.8. The topological polar surface area (TPSA) is 277 Å². The molecule has 1 saturated heterocycles. The van der Waals surface area contributed by atoms with E-state index in [-0.39, 0.29) is 67.8 Å². The van der Waals surface area contributed by atoms with Gasteiger partial charge < -0.3 is 57.2 Å². The minimum atomic E-state index is -1.62. The van der Waals surface area contributed by atoms with Crippen LogP contribution in [-0.4, -0.2) is 161 Å². The molecule has 8 N–H and O–H groups in total. The van der Waals surface area contributed by atoms with Gasteiger partial charge >= 0.3 is 0 Å². The second-order valence-electron chi connectivity index (χ2n) is 24.0. The van der Waals surface area contributed by atoms with E-state index in [1.54, 1.807) is 4.90 Å². The van der Waals surface area contributed by atoms with Crippen molar-refractivity contribution in [2.75, 3.05) is 33.7 Å². The average molecular weight is 1080 g/mol. The molecular weight excluding hydrogens is 975 g/mol. The Morgan fingerprint density at radius 1 is 0.605 bits per heavy atom. The van der Waals surface area contributed by atoms with Crippen LogP contribution in [0.4, 0.5) is 0 Å². The Hall–Kier alpha value is -5.34. The van der Waals surface area contributed by atoms with Gasteiger partial charge in [0.1, 0.15) is 46.9 Å². The first-order valence-electron chi connectivity index (χ1n) is 27.8. The highest BCUT2D eigenvalue weighted by molar-refractivity contribution is 5.99. The third-order valence-electron chi connectivity index (χ3n) is 13.3. The van der Waals surface area contributed by atoms with Crippen molar-refractivity contribution in [3.05, 3.63) is 0 Å². The van der Waals surface area contributed by atoms with Crippen LogP contribution in [0, 0.1) is 17.8 Å². The zero-order valence-corrected chi connectivity index (χ0v) is 49.5. The van der Waals surface area contributed by atoms with Gasteiger partial charge in [0.15, 0.2) is 0 Å². The number of rotatable bonds is 35. The summed E-state index contributed by atoms with van der Waals surface area (Å²) in [6, 6.07) is -4.48. The normalized spacial score (nSPS) is 16.0. The highest BCUT2D eigenvalue weighted by atomic mass is 16.2. The van der Waals surface area contributed by atoms with E-state index < -0.39 is 88.3 Å². The van der Waals surface area contributed by atoms with Crippen molar-refractivity contribution >= 4 is 59.6 Å². The van der Waals surface area contributed by atoms with Crippen molar-refractivity contribution in [1.82, 2.24) is 57.2 Å². The first kappa shape index (κ1) is 68.7. The Kier molecular flexibility index (Phi) is 29.3. The van der Waals surface area contributed by atoms with E-state index in [1.165, 1.54) is 53.4 Å². The van der Waals surface area contributed by atoms with Crippen LogP contribution in [-0.2, 0) is 47.9 Å². The number of hydrogen-bond acceptors (Lipinski definition) is 11. The molecule has 0 aromatic heterocycles. The van der Waals surface area contributed by atoms with Gasteiger partial charge in [-0.15, -0.1) is 0 Å². The smallest absolute Gasteiger partial charge is 0.246 e. The van der Waals surface area contributed by atoms with Crippen LogP contribution in [0.2, 0.25) is 0 Å². The van der Waals surface area contributed by atoms with Crippen molar-refractivity contribution < 1.29 is 47.9 Å². The molecule has 1 aliphatic rings. The maximum atomic E-state index is 14.4. The second kappa shape index (κ2) is 32.4. The van der Waals surface area contributed by atoms with Crippen molar-refractivity contribution in [2.24, 2.45) is 17.8 Å². The number of carbonyl (C=O) groups is 10. The number of likely N-dealkylation sites (tertiary alicyclic amines) is 1. The number of carbonyl (C=O) groups excluding carboxylic acids is 10. The lowest BCUT2D eigenvalue weighted by atomic mass is 9.96. The number of nitrogens with zero attached hydrogens (tertiary/aromatic N) is 3. The maximum absolute atomic E-state index is 14.4. The number of hydrogen-bond donors (Lipinski definition) is 8. The van der Waals surface area contributed by atoms with Gasteiger partial charge in [-0.2, -0.15) is 0 Å². The molecule has 21 nitrogen and oxygen atoms in total. The fraction of sp³-hybridized carbons (Fsp3) is 0.818. The molecule has 0 unspecified atom stereocenters. The fourth-order valence-electron chi connectivity index (χ4n) is 9.15. The van der Waals surface area contributed by atoms with Crippen molar-refractivity contribution in [3.8, 4) is 0 Å². The predicted molar refractivity (Wildman–Crippen MR) is 295 cm³/mol. The molecule has 0 aromatic rings. The molecule has 6 atom stereocenters. The summed E-state index contributed by atoms with van der Waals surface area (Å²) in [6.45, 7) is 26.7. The monoisotopic (exact) mass is 1080 g/mol. The van der Waals surface area contributed by atoms with Crippen LogP contribution in [0.5, 0.6) is 0 Å². The molecule has 0 aromatic carbocycles. The Bertz CT molecular complexity index is 1940. The quantitative estimate of drug-likeness (QED) is 0.0337. The fourth-order valence-corrected chi connectivity index (χ4v) is 9.15. The summed E-state index contributed by atoms with van der Waals surface area (Å²) in [4.78, 5) is 141. The zero-order chi connectivity index (χ0) is 58.3. The van der Waals surface area contributed by atoms with E-state index in [2.05, 4.69) is 49.5 Å². The maximum Gasteiger partial charge on any atom is 0.246 e. The molecule has 1 fully saturated rings. The molecule has 1 heterocycles. The molecular formula is C55H101N11O10. The molecule has 76 heavy (non-hydrogen) atoms. The summed E-state index contributed by atoms with van der Waals surface area (Å²) in [5, 5.41) is 22.2. The summed E-state index contributed by atoms with van der Waals surface area (Å²) >= 11 is 0. The molecule has 1 aliphatic heterocycles. The minimum absolute atomic E-state index is 0.0311. The number of nitrogens with one attached hydrogen (secondary N) is 8. The van der Waals surface area contributed by atoms with E-state index in [0.717, 1.165) is 32.1 Å². The van der Waals surface area contributed by atoms with Gasteiger partial charge in [0.25, 0.3) is 0 Å². The van der Waals surface area contributed by atoms with E-state index in [0.29, 0.717) is 45.2 Å². The van der Waals surface area contributed by atoms with Crippen LogP contribution in [0.25, 0.3) is 0 Å². The lowest BCUT2D eigenvalue weighted by molar-refractivity contribution is -0.145. The SMILES string of the molecule is CCCCCCCC[C@@H](C(=O)N[C@@H](CC(C)C)C(=O)NC(C)(C)C(=O)N[C@@H](CC(C)C)C(=O)N[C@@H](CC(C)C)C(=O)NC(C)(C)C(=O)NC(C)(C)C(=O)NCCC(=O)N[C@@H](C)CN(C)C)N(C=O)[C@@H]1CCCN1C(C)=O.